The van der Waals surface area contributed by atoms with Crippen molar-refractivity contribution >= 4 is 0 Å². The van der Waals surface area contributed by atoms with Gasteiger partial charge in [0, 0.05) is 20.0 Å². The number of hydrogen-bond acceptors (Lipinski definition) is 4. The topological polar surface area (TPSA) is 47.9 Å². The molecule has 0 aromatic heterocycles. The number of rotatable bonds is 1. The van der Waals surface area contributed by atoms with E-state index in [2.05, 4.69) is 6.92 Å². The molecule has 0 amide bonds. The van der Waals surface area contributed by atoms with E-state index in [1.165, 1.54) is 0 Å². The highest BCUT2D eigenvalue weighted by Crippen LogP contribution is 2.55. The first-order valence-electron chi connectivity index (χ1n) is 7.08. The number of aliphatic hydroxyl groups excluding tert-OH is 1. The number of fused-ring (bicyclic) bond motifs is 1. The third-order valence-electron chi connectivity index (χ3n) is 5.48. The maximum atomic E-state index is 10.5. The molecule has 0 aromatic carbocycles. The number of methoxy groups -OCH3 is 1. The first-order valence-corrected chi connectivity index (χ1v) is 7.08. The molecule has 4 heteroatoms. The summed E-state index contributed by atoms with van der Waals surface area (Å²) in [5.74, 6) is 0.134. The summed E-state index contributed by atoms with van der Waals surface area (Å²) in [6, 6.07) is 0. The summed E-state index contributed by atoms with van der Waals surface area (Å²) in [5.41, 5.74) is -0.0422. The molecule has 0 unspecified atom stereocenters. The highest BCUT2D eigenvalue weighted by Gasteiger charge is 2.55. The van der Waals surface area contributed by atoms with Gasteiger partial charge < -0.3 is 19.3 Å². The second-order valence-corrected chi connectivity index (χ2v) is 6.31. The average molecular weight is 256 g/mol. The van der Waals surface area contributed by atoms with E-state index >= 15 is 0 Å². The molecule has 1 aliphatic heterocycles. The van der Waals surface area contributed by atoms with Crippen LogP contribution in [-0.4, -0.2) is 43.4 Å². The van der Waals surface area contributed by atoms with Crippen molar-refractivity contribution in [3.63, 3.8) is 0 Å². The Balaban J connectivity index is 1.78. The normalized spacial score (nSPS) is 47.2. The van der Waals surface area contributed by atoms with Crippen LogP contribution in [0.3, 0.4) is 0 Å². The maximum Gasteiger partial charge on any atom is 0.168 e. The van der Waals surface area contributed by atoms with Gasteiger partial charge in [-0.15, -0.1) is 0 Å². The van der Waals surface area contributed by atoms with E-state index in [0.717, 1.165) is 32.1 Å². The second kappa shape index (κ2) is 4.44. The lowest BCUT2D eigenvalue weighted by atomic mass is 9.57. The molecule has 1 spiro atoms. The molecule has 18 heavy (non-hydrogen) atoms. The van der Waals surface area contributed by atoms with Crippen LogP contribution in [0.5, 0.6) is 0 Å². The van der Waals surface area contributed by atoms with Crippen LogP contribution in [0.15, 0.2) is 0 Å². The molecule has 2 aliphatic carbocycles. The van der Waals surface area contributed by atoms with Crippen LogP contribution < -0.4 is 0 Å². The Hall–Kier alpha value is -0.160. The standard InChI is InChI=1S/C14H24O4/c1-13-5-6-14(17-7-8-18-14)9-10(13)3-4-11(16-2)12(13)15/h10-12,15H,3-9H2,1-2H3/t10-,11-,12-,13+/m0/s1. The van der Waals surface area contributed by atoms with Crippen LogP contribution in [0.1, 0.15) is 39.0 Å². The van der Waals surface area contributed by atoms with Crippen molar-refractivity contribution in [1.82, 2.24) is 0 Å². The minimum absolute atomic E-state index is 0.00860. The molecule has 4 atom stereocenters. The largest absolute Gasteiger partial charge is 0.390 e. The van der Waals surface area contributed by atoms with Crippen molar-refractivity contribution in [2.75, 3.05) is 20.3 Å². The maximum absolute atomic E-state index is 10.5. The highest BCUT2D eigenvalue weighted by atomic mass is 16.7. The Morgan fingerprint density at radius 3 is 2.56 bits per heavy atom. The number of ether oxygens (including phenoxy) is 3. The molecule has 1 N–H and O–H groups in total. The fraction of sp³-hybridized carbons (Fsp3) is 1.00. The van der Waals surface area contributed by atoms with Crippen molar-refractivity contribution < 1.29 is 19.3 Å². The van der Waals surface area contributed by atoms with Crippen LogP contribution in [0.4, 0.5) is 0 Å². The Morgan fingerprint density at radius 1 is 1.17 bits per heavy atom. The fourth-order valence-corrected chi connectivity index (χ4v) is 4.15. The summed E-state index contributed by atoms with van der Waals surface area (Å²) in [6.45, 7) is 3.63. The zero-order valence-corrected chi connectivity index (χ0v) is 11.4. The summed E-state index contributed by atoms with van der Waals surface area (Å²) in [6.07, 6.45) is 4.45. The van der Waals surface area contributed by atoms with Gasteiger partial charge in [0.1, 0.15) is 0 Å². The van der Waals surface area contributed by atoms with Gasteiger partial charge in [-0.25, -0.2) is 0 Å². The van der Waals surface area contributed by atoms with Gasteiger partial charge in [0.2, 0.25) is 0 Å². The molecule has 3 rings (SSSR count). The lowest BCUT2D eigenvalue weighted by Gasteiger charge is -2.54. The zero-order valence-electron chi connectivity index (χ0n) is 11.4. The van der Waals surface area contributed by atoms with Crippen molar-refractivity contribution in [3.05, 3.63) is 0 Å². The van der Waals surface area contributed by atoms with Crippen LogP contribution in [0.25, 0.3) is 0 Å². The monoisotopic (exact) mass is 256 g/mol. The predicted molar refractivity (Wildman–Crippen MR) is 66.1 cm³/mol. The Labute approximate surface area is 109 Å². The quantitative estimate of drug-likeness (QED) is 0.776. The molecular formula is C14H24O4. The minimum atomic E-state index is -0.361. The van der Waals surface area contributed by atoms with Crippen molar-refractivity contribution in [1.29, 1.82) is 0 Å². The number of aliphatic hydroxyl groups is 1. The SMILES string of the molecule is CO[C@H]1CC[C@H]2CC3(CC[C@@]2(C)[C@H]1O)OCCO3. The molecule has 1 saturated heterocycles. The lowest BCUT2D eigenvalue weighted by Crippen LogP contribution is -2.56. The summed E-state index contributed by atoms with van der Waals surface area (Å²) < 4.78 is 17.1. The van der Waals surface area contributed by atoms with Gasteiger partial charge in [0.05, 0.1) is 25.4 Å². The molecular weight excluding hydrogens is 232 g/mol. The van der Waals surface area contributed by atoms with Crippen molar-refractivity contribution in [2.45, 2.75) is 57.0 Å². The molecule has 3 aliphatic rings. The van der Waals surface area contributed by atoms with Gasteiger partial charge >= 0.3 is 0 Å². The van der Waals surface area contributed by atoms with E-state index in [9.17, 15) is 5.11 Å². The minimum Gasteiger partial charge on any atom is -0.390 e. The molecule has 3 fully saturated rings. The Bertz CT molecular complexity index is 313. The van der Waals surface area contributed by atoms with Crippen LogP contribution in [0.2, 0.25) is 0 Å². The summed E-state index contributed by atoms with van der Waals surface area (Å²) >= 11 is 0. The van der Waals surface area contributed by atoms with Gasteiger partial charge in [-0.2, -0.15) is 0 Å². The second-order valence-electron chi connectivity index (χ2n) is 6.31. The third-order valence-corrected chi connectivity index (χ3v) is 5.48. The van der Waals surface area contributed by atoms with E-state index < -0.39 is 0 Å². The van der Waals surface area contributed by atoms with Gasteiger partial charge in [-0.05, 0) is 30.6 Å². The molecule has 1 heterocycles. The van der Waals surface area contributed by atoms with Crippen molar-refractivity contribution in [3.8, 4) is 0 Å². The molecule has 4 nitrogen and oxygen atoms in total. The van der Waals surface area contributed by atoms with E-state index in [1.807, 2.05) is 0 Å². The molecule has 2 saturated carbocycles. The molecule has 104 valence electrons. The van der Waals surface area contributed by atoms with E-state index in [1.54, 1.807) is 7.11 Å². The predicted octanol–water partition coefficient (Wildman–Crippen LogP) is 1.71. The van der Waals surface area contributed by atoms with E-state index in [-0.39, 0.29) is 23.4 Å². The Kier molecular flexibility index (Phi) is 3.17. The van der Waals surface area contributed by atoms with E-state index in [0.29, 0.717) is 19.1 Å². The van der Waals surface area contributed by atoms with Crippen LogP contribution in [0, 0.1) is 11.3 Å². The summed E-state index contributed by atoms with van der Waals surface area (Å²) in [5, 5.41) is 10.5. The van der Waals surface area contributed by atoms with Gasteiger partial charge in [-0.1, -0.05) is 6.92 Å². The molecule has 0 aromatic rings. The zero-order chi connectivity index (χ0) is 12.8. The average Bonchev–Trinajstić information content (AvgIpc) is 2.82. The van der Waals surface area contributed by atoms with Crippen molar-refractivity contribution in [2.24, 2.45) is 11.3 Å². The summed E-state index contributed by atoms with van der Waals surface area (Å²) in [7, 11) is 1.70. The summed E-state index contributed by atoms with van der Waals surface area (Å²) in [4.78, 5) is 0. The Morgan fingerprint density at radius 2 is 1.89 bits per heavy atom. The van der Waals surface area contributed by atoms with Gasteiger partial charge in [0.25, 0.3) is 0 Å². The lowest BCUT2D eigenvalue weighted by molar-refractivity contribution is -0.236. The first kappa shape index (κ1) is 12.9. The first-order chi connectivity index (χ1) is 8.60. The highest BCUT2D eigenvalue weighted by molar-refractivity contribution is 5.03. The van der Waals surface area contributed by atoms with Crippen LogP contribution in [-0.2, 0) is 14.2 Å². The van der Waals surface area contributed by atoms with E-state index in [4.69, 9.17) is 14.2 Å². The number of hydrogen-bond donors (Lipinski definition) is 1. The van der Waals surface area contributed by atoms with Gasteiger partial charge in [-0.3, -0.25) is 0 Å². The molecule has 0 radical (unpaired) electrons. The van der Waals surface area contributed by atoms with Gasteiger partial charge in [0.15, 0.2) is 5.79 Å². The fourth-order valence-electron chi connectivity index (χ4n) is 4.15. The molecule has 0 bridgehead atoms. The third kappa shape index (κ3) is 1.82. The van der Waals surface area contributed by atoms with Crippen LogP contribution >= 0.6 is 0 Å². The smallest absolute Gasteiger partial charge is 0.168 e.